The lowest BCUT2D eigenvalue weighted by atomic mass is 9.46. The molecule has 0 aromatic heterocycles. The summed E-state index contributed by atoms with van der Waals surface area (Å²) in [5.74, 6) is -4.65. The second-order valence-corrected chi connectivity index (χ2v) is 8.65. The molecule has 6 nitrogen and oxygen atoms in total. The Balaban J connectivity index is 1.95. The number of fused-ring (bicyclic) bond motifs is 5. The number of allylic oxidation sites excluding steroid dienone is 4. The summed E-state index contributed by atoms with van der Waals surface area (Å²) in [7, 11) is 0. The third-order valence-electron chi connectivity index (χ3n) is 7.56. The van der Waals surface area contributed by atoms with Crippen molar-refractivity contribution in [2.45, 2.75) is 57.3 Å². The van der Waals surface area contributed by atoms with Gasteiger partial charge in [-0.05, 0) is 49.6 Å². The molecule has 8 atom stereocenters. The number of carbonyl (C=O) groups excluding carboxylic acids is 2. The highest BCUT2D eigenvalue weighted by Crippen LogP contribution is 2.67. The van der Waals surface area contributed by atoms with Crippen molar-refractivity contribution in [1.82, 2.24) is 0 Å². The summed E-state index contributed by atoms with van der Waals surface area (Å²) in [4.78, 5) is 24.8. The van der Waals surface area contributed by atoms with Gasteiger partial charge in [0.2, 0.25) is 0 Å². The van der Waals surface area contributed by atoms with Gasteiger partial charge in [-0.2, -0.15) is 0 Å². The molecule has 0 amide bonds. The number of aliphatic hydroxyl groups excluding tert-OH is 1. The molecule has 0 unspecified atom stereocenters. The van der Waals surface area contributed by atoms with E-state index in [1.807, 2.05) is 0 Å². The van der Waals surface area contributed by atoms with Gasteiger partial charge in [0.05, 0.1) is 16.3 Å². The molecule has 3 saturated carbocycles. The van der Waals surface area contributed by atoms with Crippen molar-refractivity contribution in [3.8, 4) is 0 Å². The minimum atomic E-state index is -3.57. The van der Waals surface area contributed by atoms with E-state index in [4.69, 9.17) is 6.85 Å². The normalized spacial score (nSPS) is 59.1. The largest absolute Gasteiger partial charge is 0.393 e. The van der Waals surface area contributed by atoms with Crippen LogP contribution in [0.4, 0.5) is 0 Å². The molecule has 4 aliphatic carbocycles. The Labute approximate surface area is 165 Å². The zero-order valence-electron chi connectivity index (χ0n) is 20.3. The zero-order chi connectivity index (χ0) is 24.3. The average molecular weight is 381 g/mol. The van der Waals surface area contributed by atoms with E-state index < -0.39 is 65.1 Å². The summed E-state index contributed by atoms with van der Waals surface area (Å²) < 4.78 is 41.4. The summed E-state index contributed by atoms with van der Waals surface area (Å²) in [6.07, 6.45) is -3.06. The maximum Gasteiger partial charge on any atom is 0.192 e. The van der Waals surface area contributed by atoms with E-state index in [0.29, 0.717) is 18.4 Å². The van der Waals surface area contributed by atoms with Gasteiger partial charge >= 0.3 is 0 Å². The van der Waals surface area contributed by atoms with Crippen LogP contribution in [0.5, 0.6) is 0 Å². The fraction of sp³-hybridized carbons (Fsp3) is 0.714. The average Bonchev–Trinajstić information content (AvgIpc) is 2.88. The topological polar surface area (TPSA) is 115 Å². The lowest BCUT2D eigenvalue weighted by molar-refractivity contribution is -0.190. The Morgan fingerprint density at radius 1 is 1.44 bits per heavy atom. The van der Waals surface area contributed by atoms with Crippen molar-refractivity contribution < 1.29 is 36.9 Å². The van der Waals surface area contributed by atoms with Crippen molar-refractivity contribution in [3.63, 3.8) is 0 Å². The molecule has 4 aliphatic rings. The molecule has 27 heavy (non-hydrogen) atoms. The minimum Gasteiger partial charge on any atom is -0.393 e. The van der Waals surface area contributed by atoms with E-state index in [2.05, 4.69) is 0 Å². The molecule has 6 heteroatoms. The first-order valence-corrected chi connectivity index (χ1v) is 9.22. The van der Waals surface area contributed by atoms with E-state index in [9.17, 15) is 30.0 Å². The Morgan fingerprint density at radius 3 is 2.81 bits per heavy atom. The summed E-state index contributed by atoms with van der Waals surface area (Å²) in [5.41, 5.74) is -5.73. The van der Waals surface area contributed by atoms with Gasteiger partial charge in [0, 0.05) is 19.5 Å². The predicted octanol–water partition coefficient (Wildman–Crippen LogP) is 0.528. The van der Waals surface area contributed by atoms with Gasteiger partial charge in [0.25, 0.3) is 0 Å². The molecule has 0 bridgehead atoms. The van der Waals surface area contributed by atoms with Crippen LogP contribution in [0.15, 0.2) is 23.8 Å². The number of hydrogen-bond acceptors (Lipinski definition) is 6. The second-order valence-electron chi connectivity index (χ2n) is 8.65. The first-order valence-electron chi connectivity index (χ1n) is 11.7. The van der Waals surface area contributed by atoms with E-state index in [1.54, 1.807) is 13.0 Å². The Hall–Kier alpha value is -1.34. The summed E-state index contributed by atoms with van der Waals surface area (Å²) in [5, 5.41) is 43.4. The molecule has 0 aliphatic heterocycles. The maximum absolute atomic E-state index is 12.8. The Morgan fingerprint density at radius 2 is 2.15 bits per heavy atom. The van der Waals surface area contributed by atoms with Crippen LogP contribution in [0, 0.1) is 28.6 Å². The molecule has 4 rings (SSSR count). The van der Waals surface area contributed by atoms with Crippen molar-refractivity contribution >= 4 is 11.6 Å². The van der Waals surface area contributed by atoms with Crippen molar-refractivity contribution in [2.75, 3.05) is 6.56 Å². The van der Waals surface area contributed by atoms with Crippen LogP contribution >= 0.6 is 0 Å². The van der Waals surface area contributed by atoms with Gasteiger partial charge in [-0.1, -0.05) is 25.5 Å². The summed E-state index contributed by atoms with van der Waals surface area (Å²) in [6.45, 7) is -0.714. The van der Waals surface area contributed by atoms with E-state index in [1.165, 1.54) is 12.2 Å². The molecule has 4 N–H and O–H groups in total. The summed E-state index contributed by atoms with van der Waals surface area (Å²) in [6, 6.07) is 0. The van der Waals surface area contributed by atoms with Crippen molar-refractivity contribution in [1.29, 1.82) is 0 Å². The molecule has 0 aromatic rings. The smallest absolute Gasteiger partial charge is 0.192 e. The standard InChI is InChI=1S/C21H28O6/c1-19-6-5-12(23)7-11(19)3-4-13-14-8-16(25)21(27,17(26)10-22)20(14,2)9-15(24)18(13)19/h5-7,13-16,18,22,24-25,27H,3-4,8-10H2,1-2H3/t13-,14-,15-,16+,18+,19-,20-,21-/m0/s1/i9D2,10D2,15D. The minimum absolute atomic E-state index is 0.241. The van der Waals surface area contributed by atoms with Crippen LogP contribution in [0.2, 0.25) is 0 Å². The lowest BCUT2D eigenvalue weighted by Crippen LogP contribution is -2.63. The van der Waals surface area contributed by atoms with Gasteiger partial charge in [-0.25, -0.2) is 0 Å². The Kier molecular flexibility index (Phi) is 2.97. The molecular formula is C21H28O6. The second kappa shape index (κ2) is 5.83. The maximum atomic E-state index is 12.8. The monoisotopic (exact) mass is 381 g/mol. The zero-order valence-corrected chi connectivity index (χ0v) is 15.3. The first kappa shape index (κ1) is 13.8. The third kappa shape index (κ3) is 2.21. The van der Waals surface area contributed by atoms with Gasteiger partial charge in [0.15, 0.2) is 17.2 Å². The predicted molar refractivity (Wildman–Crippen MR) is 96.4 cm³/mol. The quantitative estimate of drug-likeness (QED) is 0.555. The van der Waals surface area contributed by atoms with Crippen molar-refractivity contribution in [2.24, 2.45) is 28.6 Å². The Bertz CT molecular complexity index is 955. The van der Waals surface area contributed by atoms with Crippen LogP contribution in [0.25, 0.3) is 0 Å². The highest BCUT2D eigenvalue weighted by atomic mass is 16.4. The van der Waals surface area contributed by atoms with Gasteiger partial charge < -0.3 is 20.4 Å². The van der Waals surface area contributed by atoms with E-state index in [0.717, 1.165) is 6.92 Å². The molecule has 0 saturated heterocycles. The highest BCUT2D eigenvalue weighted by Gasteiger charge is 2.71. The SMILES string of the molecule is [2H]C([2H])(O)C(=O)[C@@]1(O)[C@H](O)C[C@H]2[C@@H]3CCC4=CC(=O)C=C[C@]4(C)[C@H]3[C@@]([2H])(O)C([2H])([2H])[C@@]21C. The molecular weight excluding hydrogens is 348 g/mol. The number of ketones is 2. The van der Waals surface area contributed by atoms with Crippen molar-refractivity contribution in [3.05, 3.63) is 23.8 Å². The fourth-order valence-corrected chi connectivity index (χ4v) is 6.12. The van der Waals surface area contributed by atoms with E-state index in [-0.39, 0.29) is 12.2 Å². The highest BCUT2D eigenvalue weighted by molar-refractivity contribution is 6.01. The van der Waals surface area contributed by atoms with E-state index >= 15 is 0 Å². The molecule has 0 spiro atoms. The molecule has 3 fully saturated rings. The number of aliphatic hydroxyl groups is 4. The van der Waals surface area contributed by atoms with Gasteiger partial charge in [0.1, 0.15) is 6.56 Å². The molecule has 0 heterocycles. The number of hydrogen-bond donors (Lipinski definition) is 4. The van der Waals surface area contributed by atoms with Crippen LogP contribution < -0.4 is 0 Å². The first-order chi connectivity index (χ1) is 14.4. The fourth-order valence-electron chi connectivity index (χ4n) is 6.12. The van der Waals surface area contributed by atoms with Crippen LogP contribution in [0.1, 0.15) is 46.3 Å². The lowest BCUT2D eigenvalue weighted by Gasteiger charge is -2.59. The van der Waals surface area contributed by atoms with Gasteiger partial charge in [-0.3, -0.25) is 9.59 Å². The molecule has 0 aromatic carbocycles. The van der Waals surface area contributed by atoms with Crippen LogP contribution in [-0.2, 0) is 9.59 Å². The molecule has 148 valence electrons. The summed E-state index contributed by atoms with van der Waals surface area (Å²) >= 11 is 0. The number of carbonyl (C=O) groups is 2. The van der Waals surface area contributed by atoms with Crippen LogP contribution in [0.3, 0.4) is 0 Å². The van der Waals surface area contributed by atoms with Crippen LogP contribution in [-0.4, -0.2) is 56.3 Å². The number of Topliss-reactive ketones (excluding diaryl/α,β-unsaturated/α-hetero) is 1. The third-order valence-corrected chi connectivity index (χ3v) is 7.56. The molecule has 0 radical (unpaired) electrons. The van der Waals surface area contributed by atoms with Gasteiger partial charge in [-0.15, -0.1) is 0 Å². The number of rotatable bonds is 2.